The van der Waals surface area contributed by atoms with Crippen molar-refractivity contribution in [3.05, 3.63) is 59.7 Å². The molecule has 0 bridgehead atoms. The van der Waals surface area contributed by atoms with Crippen LogP contribution in [0.4, 0.5) is 9.18 Å². The zero-order valence-corrected chi connectivity index (χ0v) is 14.4. The lowest BCUT2D eigenvalue weighted by molar-refractivity contribution is 0.0588. The number of fused-ring (bicyclic) bond motifs is 3. The average molecular weight is 355 g/mol. The van der Waals surface area contributed by atoms with Gasteiger partial charge in [0.25, 0.3) is 0 Å². The molecule has 4 rings (SSSR count). The minimum Gasteiger partial charge on any atom is -0.449 e. The summed E-state index contributed by atoms with van der Waals surface area (Å²) in [7, 11) is 0. The van der Waals surface area contributed by atoms with E-state index in [2.05, 4.69) is 29.6 Å². The Morgan fingerprint density at radius 2 is 1.69 bits per heavy atom. The van der Waals surface area contributed by atoms with Crippen LogP contribution in [0.5, 0.6) is 0 Å². The van der Waals surface area contributed by atoms with Crippen LogP contribution in [0.2, 0.25) is 0 Å². The molecule has 1 atom stereocenters. The Bertz CT molecular complexity index is 758. The predicted molar refractivity (Wildman–Crippen MR) is 96.7 cm³/mol. The fourth-order valence-corrected chi connectivity index (χ4v) is 4.03. The fraction of sp³-hybridized carbons (Fsp3) is 0.381. The highest BCUT2D eigenvalue weighted by molar-refractivity contribution is 5.79. The molecule has 0 spiro atoms. The normalized spacial score (nSPS) is 22.1. The molecule has 2 aromatic rings. The first-order chi connectivity index (χ1) is 12.7. The molecule has 2 aliphatic carbocycles. The third kappa shape index (κ3) is 3.07. The molecule has 1 unspecified atom stereocenters. The topological polar surface area (TPSA) is 58.6 Å². The maximum absolute atomic E-state index is 13.3. The maximum Gasteiger partial charge on any atom is 0.407 e. The van der Waals surface area contributed by atoms with E-state index in [0.29, 0.717) is 12.8 Å². The summed E-state index contributed by atoms with van der Waals surface area (Å²) in [5.74, 6) is -0.134. The highest BCUT2D eigenvalue weighted by Gasteiger charge is 2.36. The van der Waals surface area contributed by atoms with E-state index < -0.39 is 18.9 Å². The molecule has 1 fully saturated rings. The van der Waals surface area contributed by atoms with Gasteiger partial charge in [0, 0.05) is 12.0 Å². The Kier molecular flexibility index (Phi) is 4.64. The van der Waals surface area contributed by atoms with Gasteiger partial charge in [-0.2, -0.15) is 0 Å². The molecular weight excluding hydrogens is 333 g/mol. The summed E-state index contributed by atoms with van der Waals surface area (Å²) in [4.78, 5) is 12.1. The number of rotatable bonds is 5. The van der Waals surface area contributed by atoms with Crippen LogP contribution < -0.4 is 5.32 Å². The average Bonchev–Trinajstić information content (AvgIpc) is 2.96. The summed E-state index contributed by atoms with van der Waals surface area (Å²) < 4.78 is 18.8. The van der Waals surface area contributed by atoms with Gasteiger partial charge in [-0.3, -0.25) is 0 Å². The predicted octanol–water partition coefficient (Wildman–Crippen LogP) is 3.63. The number of nitrogens with one attached hydrogen (secondary N) is 1. The first kappa shape index (κ1) is 17.0. The van der Waals surface area contributed by atoms with Gasteiger partial charge in [0.15, 0.2) is 0 Å². The van der Waals surface area contributed by atoms with Crippen LogP contribution in [0, 0.1) is 5.92 Å². The van der Waals surface area contributed by atoms with E-state index in [-0.39, 0.29) is 24.5 Å². The highest BCUT2D eigenvalue weighted by atomic mass is 19.1. The molecule has 0 saturated heterocycles. The Hall–Kier alpha value is -2.40. The molecule has 2 N–H and O–H groups in total. The number of amides is 1. The number of carbonyl (C=O) groups excluding carboxylic acids is 1. The van der Waals surface area contributed by atoms with Crippen LogP contribution in [0.3, 0.4) is 0 Å². The second-order valence-corrected chi connectivity index (χ2v) is 7.10. The van der Waals surface area contributed by atoms with E-state index in [9.17, 15) is 9.18 Å². The monoisotopic (exact) mass is 355 g/mol. The molecule has 0 aromatic heterocycles. The molecule has 26 heavy (non-hydrogen) atoms. The number of aliphatic hydroxyl groups is 1. The van der Waals surface area contributed by atoms with Crippen molar-refractivity contribution in [1.82, 2.24) is 5.32 Å². The van der Waals surface area contributed by atoms with Crippen LogP contribution in [0.25, 0.3) is 11.1 Å². The number of hydrogen-bond acceptors (Lipinski definition) is 3. The number of aliphatic hydroxyl groups excluding tert-OH is 1. The van der Waals surface area contributed by atoms with Gasteiger partial charge < -0.3 is 15.2 Å². The number of benzene rings is 2. The maximum atomic E-state index is 13.3. The van der Waals surface area contributed by atoms with Crippen LogP contribution in [-0.2, 0) is 4.74 Å². The first-order valence-corrected chi connectivity index (χ1v) is 9.03. The Morgan fingerprint density at radius 3 is 2.27 bits per heavy atom. The van der Waals surface area contributed by atoms with E-state index in [0.717, 1.165) is 0 Å². The first-order valence-electron chi connectivity index (χ1n) is 9.03. The minimum absolute atomic E-state index is 0.0342. The van der Waals surface area contributed by atoms with Crippen LogP contribution >= 0.6 is 0 Å². The molecule has 2 aliphatic rings. The summed E-state index contributed by atoms with van der Waals surface area (Å²) in [6.07, 6.45) is -0.567. The van der Waals surface area contributed by atoms with Crippen molar-refractivity contribution in [2.75, 3.05) is 13.2 Å². The smallest absolute Gasteiger partial charge is 0.407 e. The van der Waals surface area contributed by atoms with Crippen LogP contribution in [0.15, 0.2) is 48.5 Å². The quantitative estimate of drug-likeness (QED) is 0.861. The molecule has 1 amide bonds. The number of ether oxygens (including phenoxy) is 1. The summed E-state index contributed by atoms with van der Waals surface area (Å²) in [6, 6.07) is 16.3. The molecule has 0 aliphatic heterocycles. The zero-order chi connectivity index (χ0) is 18.1. The number of alkyl halides is 1. The zero-order valence-electron chi connectivity index (χ0n) is 14.4. The Labute approximate surface area is 152 Å². The molecule has 136 valence electrons. The second-order valence-electron chi connectivity index (χ2n) is 7.10. The fourth-order valence-electron chi connectivity index (χ4n) is 4.03. The van der Waals surface area contributed by atoms with Crippen molar-refractivity contribution in [3.8, 4) is 11.1 Å². The highest BCUT2D eigenvalue weighted by Crippen LogP contribution is 2.44. The van der Waals surface area contributed by atoms with E-state index in [1.165, 1.54) is 22.3 Å². The van der Waals surface area contributed by atoms with Crippen LogP contribution in [0.1, 0.15) is 29.9 Å². The number of hydrogen-bond donors (Lipinski definition) is 2. The molecule has 5 heteroatoms. The van der Waals surface area contributed by atoms with Crippen molar-refractivity contribution >= 4 is 6.09 Å². The molecule has 0 radical (unpaired) electrons. The minimum atomic E-state index is -1.20. The third-order valence-corrected chi connectivity index (χ3v) is 5.53. The molecule has 0 heterocycles. The summed E-state index contributed by atoms with van der Waals surface area (Å²) in [5.41, 5.74) is 4.73. The Morgan fingerprint density at radius 1 is 1.12 bits per heavy atom. The molecular formula is C21H22FNO3. The number of carbonyl (C=O) groups is 1. The summed E-state index contributed by atoms with van der Waals surface area (Å²) >= 11 is 0. The van der Waals surface area contributed by atoms with Gasteiger partial charge in [-0.25, -0.2) is 9.18 Å². The van der Waals surface area contributed by atoms with E-state index in [1.54, 1.807) is 0 Å². The summed E-state index contributed by atoms with van der Waals surface area (Å²) in [5, 5.41) is 11.6. The van der Waals surface area contributed by atoms with Gasteiger partial charge in [-0.1, -0.05) is 48.5 Å². The van der Waals surface area contributed by atoms with Gasteiger partial charge in [0.05, 0.1) is 6.61 Å². The second kappa shape index (κ2) is 7.08. The largest absolute Gasteiger partial charge is 0.449 e. The molecule has 1 saturated carbocycles. The van der Waals surface area contributed by atoms with Crippen molar-refractivity contribution < 1.29 is 19.0 Å². The molecule has 4 nitrogen and oxygen atoms in total. The van der Waals surface area contributed by atoms with Gasteiger partial charge in [-0.05, 0) is 41.0 Å². The van der Waals surface area contributed by atoms with Crippen molar-refractivity contribution in [3.63, 3.8) is 0 Å². The number of halogens is 1. The lowest BCUT2D eigenvalue weighted by atomic mass is 9.77. The summed E-state index contributed by atoms with van der Waals surface area (Å²) in [6.45, 7) is -0.180. The van der Waals surface area contributed by atoms with E-state index in [4.69, 9.17) is 9.84 Å². The van der Waals surface area contributed by atoms with E-state index in [1.807, 2.05) is 24.3 Å². The SMILES string of the molecule is O=C(NC1CC(C(F)CO)C1)OCC1c2ccccc2-c2ccccc21. The standard InChI is InChI=1S/C21H22FNO3/c22-20(11-24)13-9-14(10-13)23-21(25)26-12-19-17-7-3-1-5-15(17)16-6-2-4-8-18(16)19/h1-8,13-14,19-20,24H,9-12H2,(H,23,25). The number of alkyl carbamates (subject to hydrolysis) is 1. The van der Waals surface area contributed by atoms with Gasteiger partial charge in [0.2, 0.25) is 0 Å². The lowest BCUT2D eigenvalue weighted by Gasteiger charge is -2.36. The van der Waals surface area contributed by atoms with E-state index >= 15 is 0 Å². The van der Waals surface area contributed by atoms with Crippen LogP contribution in [-0.4, -0.2) is 36.6 Å². The Balaban J connectivity index is 1.36. The third-order valence-electron chi connectivity index (χ3n) is 5.53. The van der Waals surface area contributed by atoms with Gasteiger partial charge >= 0.3 is 6.09 Å². The molecule has 2 aromatic carbocycles. The van der Waals surface area contributed by atoms with Gasteiger partial charge in [-0.15, -0.1) is 0 Å². The van der Waals surface area contributed by atoms with Crippen molar-refractivity contribution in [1.29, 1.82) is 0 Å². The van der Waals surface area contributed by atoms with Gasteiger partial charge in [0.1, 0.15) is 12.8 Å². The lowest BCUT2D eigenvalue weighted by Crippen LogP contribution is -2.48. The van der Waals surface area contributed by atoms with Crippen molar-refractivity contribution in [2.24, 2.45) is 5.92 Å². The van der Waals surface area contributed by atoms with Crippen molar-refractivity contribution in [2.45, 2.75) is 31.0 Å².